The Morgan fingerprint density at radius 3 is 2.62 bits per heavy atom. The molecule has 0 radical (unpaired) electrons. The normalized spacial score (nSPS) is 25.7. The van der Waals surface area contributed by atoms with E-state index < -0.39 is 0 Å². The summed E-state index contributed by atoms with van der Waals surface area (Å²) in [6.45, 7) is 4.55. The molecule has 2 nitrogen and oxygen atoms in total. The first-order chi connectivity index (χ1) is 10.1. The summed E-state index contributed by atoms with van der Waals surface area (Å²) in [6.07, 6.45) is 3.60. The minimum atomic E-state index is 0.0618. The number of nitrogens with one attached hydrogen (secondary N) is 1. The third-order valence-corrected chi connectivity index (χ3v) is 5.03. The molecule has 1 fully saturated rings. The van der Waals surface area contributed by atoms with Gasteiger partial charge in [0.05, 0.1) is 0 Å². The average molecular weight is 281 g/mol. The van der Waals surface area contributed by atoms with Crippen LogP contribution in [0.3, 0.4) is 0 Å². The summed E-state index contributed by atoms with van der Waals surface area (Å²) in [7, 11) is 0. The predicted molar refractivity (Wildman–Crippen MR) is 87.4 cm³/mol. The predicted octanol–water partition coefficient (Wildman–Crippen LogP) is 4.39. The lowest BCUT2D eigenvalue weighted by atomic mass is 9.78. The zero-order valence-electron chi connectivity index (χ0n) is 12.8. The quantitative estimate of drug-likeness (QED) is 0.868. The summed E-state index contributed by atoms with van der Waals surface area (Å²) in [5.41, 5.74) is 0.763. The van der Waals surface area contributed by atoms with E-state index in [2.05, 4.69) is 31.3 Å². The molecular formula is C19H23NO. The number of rotatable bonds is 2. The van der Waals surface area contributed by atoms with Gasteiger partial charge < -0.3 is 5.32 Å². The Balaban J connectivity index is 1.77. The zero-order valence-corrected chi connectivity index (χ0v) is 12.8. The van der Waals surface area contributed by atoms with Crippen LogP contribution >= 0.6 is 0 Å². The maximum Gasteiger partial charge on any atom is 0.251 e. The second-order valence-corrected chi connectivity index (χ2v) is 6.41. The first-order valence-corrected chi connectivity index (χ1v) is 7.95. The molecule has 0 heterocycles. The van der Waals surface area contributed by atoms with Gasteiger partial charge in [-0.15, -0.1) is 0 Å². The van der Waals surface area contributed by atoms with E-state index in [1.165, 1.54) is 18.2 Å². The molecule has 0 aromatic heterocycles. The van der Waals surface area contributed by atoms with E-state index in [4.69, 9.17) is 0 Å². The molecule has 2 aromatic rings. The summed E-state index contributed by atoms with van der Waals surface area (Å²) in [6, 6.07) is 14.4. The van der Waals surface area contributed by atoms with Crippen LogP contribution in [0.4, 0.5) is 0 Å². The Morgan fingerprint density at radius 1 is 1.05 bits per heavy atom. The number of hydrogen-bond donors (Lipinski definition) is 1. The minimum absolute atomic E-state index is 0.0618. The second kappa shape index (κ2) is 5.88. The molecule has 21 heavy (non-hydrogen) atoms. The van der Waals surface area contributed by atoms with Crippen molar-refractivity contribution in [2.24, 2.45) is 11.8 Å². The van der Waals surface area contributed by atoms with Gasteiger partial charge in [0.15, 0.2) is 0 Å². The van der Waals surface area contributed by atoms with Gasteiger partial charge in [-0.2, -0.15) is 0 Å². The van der Waals surface area contributed by atoms with Gasteiger partial charge in [-0.05, 0) is 41.2 Å². The molecule has 2 aromatic carbocycles. The summed E-state index contributed by atoms with van der Waals surface area (Å²) in [4.78, 5) is 12.5. The maximum absolute atomic E-state index is 12.5. The number of carbonyl (C=O) groups is 1. The van der Waals surface area contributed by atoms with Gasteiger partial charge in [0.2, 0.25) is 0 Å². The van der Waals surface area contributed by atoms with Crippen molar-refractivity contribution in [3.05, 3.63) is 48.0 Å². The summed E-state index contributed by atoms with van der Waals surface area (Å²) in [5.74, 6) is 1.32. The van der Waals surface area contributed by atoms with Crippen molar-refractivity contribution in [2.75, 3.05) is 0 Å². The minimum Gasteiger partial charge on any atom is -0.349 e. The van der Waals surface area contributed by atoms with E-state index in [0.29, 0.717) is 17.9 Å². The Bertz CT molecular complexity index is 649. The molecule has 110 valence electrons. The molecule has 0 bridgehead atoms. The Labute approximate surface area is 126 Å². The molecule has 1 amide bonds. The van der Waals surface area contributed by atoms with E-state index in [9.17, 15) is 4.79 Å². The highest BCUT2D eigenvalue weighted by atomic mass is 16.1. The Hall–Kier alpha value is -1.83. The van der Waals surface area contributed by atoms with E-state index >= 15 is 0 Å². The Morgan fingerprint density at radius 2 is 1.81 bits per heavy atom. The molecule has 0 saturated heterocycles. The molecule has 0 aliphatic heterocycles. The lowest BCUT2D eigenvalue weighted by molar-refractivity contribution is 0.0891. The van der Waals surface area contributed by atoms with E-state index in [0.717, 1.165) is 17.4 Å². The molecule has 3 atom stereocenters. The highest BCUT2D eigenvalue weighted by Crippen LogP contribution is 2.29. The van der Waals surface area contributed by atoms with Gasteiger partial charge in [-0.3, -0.25) is 4.79 Å². The van der Waals surface area contributed by atoms with Gasteiger partial charge in [-0.25, -0.2) is 0 Å². The fourth-order valence-corrected chi connectivity index (χ4v) is 3.37. The van der Waals surface area contributed by atoms with Crippen molar-refractivity contribution < 1.29 is 4.79 Å². The average Bonchev–Trinajstić information content (AvgIpc) is 2.51. The van der Waals surface area contributed by atoms with Crippen LogP contribution in [-0.2, 0) is 0 Å². The van der Waals surface area contributed by atoms with E-state index in [1.54, 1.807) is 0 Å². The molecule has 1 aliphatic rings. The van der Waals surface area contributed by atoms with Crippen molar-refractivity contribution in [3.63, 3.8) is 0 Å². The highest BCUT2D eigenvalue weighted by Gasteiger charge is 2.28. The van der Waals surface area contributed by atoms with Gasteiger partial charge in [0, 0.05) is 11.6 Å². The van der Waals surface area contributed by atoms with Crippen molar-refractivity contribution in [2.45, 2.75) is 39.2 Å². The number of carbonyl (C=O) groups excluding carboxylic acids is 1. The SMILES string of the molecule is C[C@H]1[C@H](C)CCC[C@@H]1NC(=O)c1ccc2ccccc2c1. The van der Waals surface area contributed by atoms with Gasteiger partial charge >= 0.3 is 0 Å². The van der Waals surface area contributed by atoms with E-state index in [1.807, 2.05) is 30.3 Å². The molecule has 0 unspecified atom stereocenters. The topological polar surface area (TPSA) is 29.1 Å². The number of benzene rings is 2. The fourth-order valence-electron chi connectivity index (χ4n) is 3.37. The molecular weight excluding hydrogens is 258 g/mol. The first-order valence-electron chi connectivity index (χ1n) is 7.95. The van der Waals surface area contributed by atoms with Crippen molar-refractivity contribution in [3.8, 4) is 0 Å². The van der Waals surface area contributed by atoms with Crippen molar-refractivity contribution >= 4 is 16.7 Å². The lowest BCUT2D eigenvalue weighted by Crippen LogP contribution is -2.43. The molecule has 0 spiro atoms. The van der Waals surface area contributed by atoms with Crippen molar-refractivity contribution in [1.29, 1.82) is 0 Å². The third kappa shape index (κ3) is 2.94. The molecule has 1 aliphatic carbocycles. The van der Waals surface area contributed by atoms with Crippen LogP contribution in [0.1, 0.15) is 43.5 Å². The van der Waals surface area contributed by atoms with Gasteiger partial charge in [-0.1, -0.05) is 57.0 Å². The third-order valence-electron chi connectivity index (χ3n) is 5.03. The van der Waals surface area contributed by atoms with Crippen LogP contribution in [0.2, 0.25) is 0 Å². The van der Waals surface area contributed by atoms with Crippen LogP contribution in [-0.4, -0.2) is 11.9 Å². The molecule has 2 heteroatoms. The van der Waals surface area contributed by atoms with Crippen LogP contribution in [0.15, 0.2) is 42.5 Å². The van der Waals surface area contributed by atoms with E-state index in [-0.39, 0.29) is 5.91 Å². The second-order valence-electron chi connectivity index (χ2n) is 6.41. The van der Waals surface area contributed by atoms with Crippen LogP contribution in [0.5, 0.6) is 0 Å². The van der Waals surface area contributed by atoms with Crippen molar-refractivity contribution in [1.82, 2.24) is 5.32 Å². The number of amides is 1. The summed E-state index contributed by atoms with van der Waals surface area (Å²) < 4.78 is 0. The first kappa shape index (κ1) is 14.1. The number of fused-ring (bicyclic) bond motifs is 1. The van der Waals surface area contributed by atoms with Crippen LogP contribution in [0.25, 0.3) is 10.8 Å². The van der Waals surface area contributed by atoms with Crippen LogP contribution < -0.4 is 5.32 Å². The smallest absolute Gasteiger partial charge is 0.251 e. The largest absolute Gasteiger partial charge is 0.349 e. The monoisotopic (exact) mass is 281 g/mol. The zero-order chi connectivity index (χ0) is 14.8. The highest BCUT2D eigenvalue weighted by molar-refractivity contribution is 5.98. The fraction of sp³-hybridized carbons (Fsp3) is 0.421. The molecule has 3 rings (SSSR count). The maximum atomic E-state index is 12.5. The van der Waals surface area contributed by atoms with Crippen LogP contribution in [0, 0.1) is 11.8 Å². The Kier molecular flexibility index (Phi) is 3.96. The lowest BCUT2D eigenvalue weighted by Gasteiger charge is -2.34. The van der Waals surface area contributed by atoms with Gasteiger partial charge in [0.1, 0.15) is 0 Å². The standard InChI is InChI=1S/C19H23NO/c1-13-6-5-9-18(14(13)2)20-19(21)17-11-10-15-7-3-4-8-16(15)12-17/h3-4,7-8,10-14,18H,5-6,9H2,1-2H3,(H,20,21)/t13-,14+,18+/m1/s1. The van der Waals surface area contributed by atoms with Gasteiger partial charge in [0.25, 0.3) is 5.91 Å². The number of hydrogen-bond acceptors (Lipinski definition) is 1. The molecule has 1 saturated carbocycles. The summed E-state index contributed by atoms with van der Waals surface area (Å²) >= 11 is 0. The summed E-state index contributed by atoms with van der Waals surface area (Å²) in [5, 5.41) is 5.54. The molecule has 1 N–H and O–H groups in total.